The van der Waals surface area contributed by atoms with Crippen LogP contribution in [-0.2, 0) is 0 Å². The third-order valence-electron chi connectivity index (χ3n) is 5.49. The minimum absolute atomic E-state index is 0.188. The number of hydrogen-bond acceptors (Lipinski definition) is 4. The topological polar surface area (TPSA) is 81.7 Å². The number of hydrogen-bond donors (Lipinski definition) is 2. The van der Waals surface area contributed by atoms with Crippen LogP contribution in [0.5, 0.6) is 5.75 Å². The monoisotopic (exact) mass is 410 g/mol. The Morgan fingerprint density at radius 3 is 2.67 bits per heavy atom. The van der Waals surface area contributed by atoms with E-state index in [9.17, 15) is 14.3 Å². The van der Waals surface area contributed by atoms with Crippen molar-refractivity contribution in [3.8, 4) is 16.9 Å². The molecule has 1 aliphatic heterocycles. The summed E-state index contributed by atoms with van der Waals surface area (Å²) >= 11 is 0. The molecular formula is C22H23FN4O3. The van der Waals surface area contributed by atoms with Gasteiger partial charge in [0.2, 0.25) is 0 Å². The molecule has 0 aliphatic carbocycles. The number of aliphatic hydroxyl groups excluding tert-OH is 1. The lowest BCUT2D eigenvalue weighted by Crippen LogP contribution is -2.38. The van der Waals surface area contributed by atoms with Crippen LogP contribution in [0.1, 0.15) is 18.5 Å². The second-order valence-electron chi connectivity index (χ2n) is 7.27. The lowest BCUT2D eigenvalue weighted by molar-refractivity contribution is 0.141. The second-order valence-corrected chi connectivity index (χ2v) is 7.27. The number of nitrogens with one attached hydrogen (secondary N) is 1. The first-order chi connectivity index (χ1) is 14.5. The summed E-state index contributed by atoms with van der Waals surface area (Å²) in [5.74, 6) is -0.0502. The van der Waals surface area contributed by atoms with Crippen LogP contribution in [0.3, 0.4) is 0 Å². The van der Waals surface area contributed by atoms with E-state index in [4.69, 9.17) is 4.74 Å². The third-order valence-corrected chi connectivity index (χ3v) is 5.49. The zero-order valence-electron chi connectivity index (χ0n) is 16.7. The van der Waals surface area contributed by atoms with Crippen LogP contribution in [-0.4, -0.2) is 52.5 Å². The van der Waals surface area contributed by atoms with E-state index in [0.717, 1.165) is 16.8 Å². The van der Waals surface area contributed by atoms with Crippen molar-refractivity contribution in [3.05, 3.63) is 66.2 Å². The SMILES string of the molecule is COc1cc(F)cc(C(C)N2C(=O)N(c3ccc(-c4cn[nH]c4)cc3)C[C@@H]2CO)c1. The van der Waals surface area contributed by atoms with Crippen LogP contribution in [0.25, 0.3) is 11.1 Å². The molecule has 1 unspecified atom stereocenters. The molecule has 0 saturated carbocycles. The number of carbonyl (C=O) groups excluding carboxylic acids is 1. The number of amides is 2. The lowest BCUT2D eigenvalue weighted by Gasteiger charge is -2.29. The van der Waals surface area contributed by atoms with Crippen molar-refractivity contribution < 1.29 is 19.0 Å². The van der Waals surface area contributed by atoms with Crippen molar-refractivity contribution in [3.63, 3.8) is 0 Å². The summed E-state index contributed by atoms with van der Waals surface area (Å²) in [6.45, 7) is 1.98. The minimum Gasteiger partial charge on any atom is -0.497 e. The van der Waals surface area contributed by atoms with E-state index in [1.807, 2.05) is 31.2 Å². The molecule has 1 fully saturated rings. The largest absolute Gasteiger partial charge is 0.497 e. The van der Waals surface area contributed by atoms with Crippen LogP contribution in [0.15, 0.2) is 54.9 Å². The first kappa shape index (κ1) is 19.9. The summed E-state index contributed by atoms with van der Waals surface area (Å²) in [6.07, 6.45) is 3.53. The minimum atomic E-state index is -0.436. The number of methoxy groups -OCH3 is 1. The molecule has 2 aromatic carbocycles. The molecule has 30 heavy (non-hydrogen) atoms. The molecule has 156 valence electrons. The molecule has 2 N–H and O–H groups in total. The van der Waals surface area contributed by atoms with E-state index in [1.165, 1.54) is 19.2 Å². The van der Waals surface area contributed by atoms with E-state index in [0.29, 0.717) is 17.9 Å². The summed E-state index contributed by atoms with van der Waals surface area (Å²) in [5, 5.41) is 16.6. The highest BCUT2D eigenvalue weighted by Gasteiger charge is 2.40. The maximum Gasteiger partial charge on any atom is 0.325 e. The maximum atomic E-state index is 14.0. The van der Waals surface area contributed by atoms with Crippen LogP contribution in [0.4, 0.5) is 14.9 Å². The second kappa shape index (κ2) is 8.16. The van der Waals surface area contributed by atoms with Gasteiger partial charge in [-0.1, -0.05) is 12.1 Å². The fraction of sp³-hybridized carbons (Fsp3) is 0.273. The average molecular weight is 410 g/mol. The van der Waals surface area contributed by atoms with E-state index >= 15 is 0 Å². The van der Waals surface area contributed by atoms with Crippen LogP contribution < -0.4 is 9.64 Å². The number of nitrogens with zero attached hydrogens (tertiary/aromatic N) is 3. The zero-order valence-corrected chi connectivity index (χ0v) is 16.7. The fourth-order valence-electron chi connectivity index (χ4n) is 3.86. The Morgan fingerprint density at radius 2 is 2.03 bits per heavy atom. The van der Waals surface area contributed by atoms with Gasteiger partial charge in [0.1, 0.15) is 11.6 Å². The number of ether oxygens (including phenoxy) is 1. The molecule has 1 aliphatic rings. The summed E-state index contributed by atoms with van der Waals surface area (Å²) in [4.78, 5) is 16.5. The molecule has 1 aromatic heterocycles. The molecule has 2 heterocycles. The normalized spacial score (nSPS) is 17.5. The number of aromatic nitrogens is 2. The average Bonchev–Trinajstić information content (AvgIpc) is 3.41. The molecule has 0 bridgehead atoms. The highest BCUT2D eigenvalue weighted by atomic mass is 19.1. The van der Waals surface area contributed by atoms with Gasteiger partial charge in [-0.15, -0.1) is 0 Å². The van der Waals surface area contributed by atoms with E-state index in [2.05, 4.69) is 10.2 Å². The third kappa shape index (κ3) is 3.61. The Bertz CT molecular complexity index is 1020. The Balaban J connectivity index is 1.60. The number of aromatic amines is 1. The van der Waals surface area contributed by atoms with Gasteiger partial charge in [0.05, 0.1) is 38.5 Å². The Kier molecular flexibility index (Phi) is 5.41. The highest BCUT2D eigenvalue weighted by molar-refractivity contribution is 5.95. The van der Waals surface area contributed by atoms with Crippen LogP contribution in [0, 0.1) is 5.82 Å². The molecule has 4 rings (SSSR count). The number of benzene rings is 2. The van der Waals surface area contributed by atoms with Gasteiger partial charge in [-0.2, -0.15) is 5.10 Å². The summed E-state index contributed by atoms with van der Waals surface area (Å²) in [7, 11) is 1.47. The quantitative estimate of drug-likeness (QED) is 0.651. The lowest BCUT2D eigenvalue weighted by atomic mass is 10.1. The molecule has 8 heteroatoms. The van der Waals surface area contributed by atoms with Gasteiger partial charge in [0.25, 0.3) is 0 Å². The van der Waals surface area contributed by atoms with Crippen molar-refractivity contribution in [2.75, 3.05) is 25.2 Å². The van der Waals surface area contributed by atoms with E-state index in [-0.39, 0.29) is 12.6 Å². The van der Waals surface area contributed by atoms with Crippen molar-refractivity contribution in [2.24, 2.45) is 0 Å². The van der Waals surface area contributed by atoms with Gasteiger partial charge in [0, 0.05) is 23.5 Å². The molecule has 0 radical (unpaired) electrons. The first-order valence-electron chi connectivity index (χ1n) is 9.66. The number of aliphatic hydroxyl groups is 1. The molecule has 0 spiro atoms. The fourth-order valence-corrected chi connectivity index (χ4v) is 3.86. The predicted molar refractivity (Wildman–Crippen MR) is 111 cm³/mol. The number of halogens is 1. The number of urea groups is 1. The molecular weight excluding hydrogens is 387 g/mol. The molecule has 2 atom stereocenters. The smallest absolute Gasteiger partial charge is 0.325 e. The Hall–Kier alpha value is -3.39. The number of anilines is 1. The van der Waals surface area contributed by atoms with Gasteiger partial charge in [-0.3, -0.25) is 10.00 Å². The van der Waals surface area contributed by atoms with Crippen molar-refractivity contribution in [2.45, 2.75) is 19.0 Å². The van der Waals surface area contributed by atoms with Crippen molar-refractivity contribution >= 4 is 11.7 Å². The van der Waals surface area contributed by atoms with Crippen LogP contribution in [0.2, 0.25) is 0 Å². The van der Waals surface area contributed by atoms with Crippen LogP contribution >= 0.6 is 0 Å². The van der Waals surface area contributed by atoms with Crippen molar-refractivity contribution in [1.29, 1.82) is 0 Å². The first-order valence-corrected chi connectivity index (χ1v) is 9.66. The van der Waals surface area contributed by atoms with Gasteiger partial charge >= 0.3 is 6.03 Å². The van der Waals surface area contributed by atoms with Gasteiger partial charge in [0.15, 0.2) is 0 Å². The van der Waals surface area contributed by atoms with Gasteiger partial charge < -0.3 is 14.7 Å². The number of H-pyrrole nitrogens is 1. The van der Waals surface area contributed by atoms with Gasteiger partial charge in [-0.25, -0.2) is 9.18 Å². The summed E-state index contributed by atoms with van der Waals surface area (Å²) in [6, 6.07) is 10.9. The standard InChI is InChI=1S/C22H23FN4O3/c1-14(16-7-18(23)9-21(8-16)30-2)27-20(13-28)12-26(22(27)29)19-5-3-15(4-6-19)17-10-24-25-11-17/h3-11,14,20,28H,12-13H2,1-2H3,(H,24,25)/t14?,20-/m1/s1. The molecule has 1 saturated heterocycles. The Labute approximate surface area is 173 Å². The van der Waals surface area contributed by atoms with E-state index < -0.39 is 17.9 Å². The maximum absolute atomic E-state index is 14.0. The highest BCUT2D eigenvalue weighted by Crippen LogP contribution is 2.34. The number of carbonyl (C=O) groups is 1. The molecule has 7 nitrogen and oxygen atoms in total. The van der Waals surface area contributed by atoms with E-state index in [1.54, 1.807) is 28.3 Å². The summed E-state index contributed by atoms with van der Waals surface area (Å²) in [5.41, 5.74) is 3.28. The Morgan fingerprint density at radius 1 is 1.27 bits per heavy atom. The summed E-state index contributed by atoms with van der Waals surface area (Å²) < 4.78 is 19.1. The zero-order chi connectivity index (χ0) is 21.3. The molecule has 3 aromatic rings. The van der Waals surface area contributed by atoms with Crippen molar-refractivity contribution in [1.82, 2.24) is 15.1 Å². The predicted octanol–water partition coefficient (Wildman–Crippen LogP) is 3.59. The van der Waals surface area contributed by atoms with Gasteiger partial charge in [-0.05, 0) is 42.3 Å². The number of rotatable bonds is 6. The molecule has 2 amide bonds.